The van der Waals surface area contributed by atoms with E-state index in [1.54, 1.807) is 0 Å². The van der Waals surface area contributed by atoms with E-state index < -0.39 is 0 Å². The molecule has 2 rings (SSSR count). The summed E-state index contributed by atoms with van der Waals surface area (Å²) >= 11 is 0. The van der Waals surface area contributed by atoms with Crippen LogP contribution in [-0.2, 0) is 0 Å². The molecule has 0 aliphatic heterocycles. The topological polar surface area (TPSA) is 0 Å². The second kappa shape index (κ2) is 3.69. The molecular weight excluding hydrogens is 156 g/mol. The summed E-state index contributed by atoms with van der Waals surface area (Å²) in [5.41, 5.74) is 0.611. The van der Waals surface area contributed by atoms with Crippen LogP contribution >= 0.6 is 0 Å². The predicted molar refractivity (Wildman–Crippen MR) is 57.6 cm³/mol. The van der Waals surface area contributed by atoms with Gasteiger partial charge in [0, 0.05) is 0 Å². The van der Waals surface area contributed by atoms with Crippen LogP contribution in [0.5, 0.6) is 0 Å². The maximum absolute atomic E-state index is 2.49. The number of fused-ring (bicyclic) bond motifs is 1. The van der Waals surface area contributed by atoms with Gasteiger partial charge in [0.25, 0.3) is 0 Å². The molecule has 0 aromatic heterocycles. The third kappa shape index (κ3) is 1.87. The van der Waals surface area contributed by atoms with Crippen LogP contribution < -0.4 is 0 Å². The van der Waals surface area contributed by atoms with Crippen LogP contribution in [0.1, 0.15) is 45.4 Å². The van der Waals surface area contributed by atoms with Gasteiger partial charge in [-0.15, -0.1) is 0 Å². The van der Waals surface area contributed by atoms with Crippen molar-refractivity contribution in [2.24, 2.45) is 11.3 Å². The first-order chi connectivity index (χ1) is 6.31. The lowest BCUT2D eigenvalue weighted by atomic mass is 9.65. The van der Waals surface area contributed by atoms with Crippen LogP contribution in [0.25, 0.3) is 0 Å². The Morgan fingerprint density at radius 2 is 1.85 bits per heavy atom. The summed E-state index contributed by atoms with van der Waals surface area (Å²) in [7, 11) is 0. The van der Waals surface area contributed by atoms with Crippen LogP contribution in [0.2, 0.25) is 0 Å². The second-order valence-electron chi connectivity index (χ2n) is 4.86. The van der Waals surface area contributed by atoms with E-state index in [1.165, 1.54) is 38.5 Å². The standard InChI is InChI=1S/C13H20/c1-13-10-6-3-2-4-8-12(13)9-5-7-11-13/h2,4-5,7,12H,3,6,8-11H2,1H3. The van der Waals surface area contributed by atoms with Gasteiger partial charge in [-0.3, -0.25) is 0 Å². The summed E-state index contributed by atoms with van der Waals surface area (Å²) in [6.07, 6.45) is 17.6. The number of hydrogen-bond donors (Lipinski definition) is 0. The molecule has 0 spiro atoms. The van der Waals surface area contributed by atoms with Gasteiger partial charge in [0.2, 0.25) is 0 Å². The maximum Gasteiger partial charge on any atom is -0.0257 e. The molecule has 0 aromatic rings. The fraction of sp³-hybridized carbons (Fsp3) is 0.692. The Balaban J connectivity index is 2.15. The Hall–Kier alpha value is -0.520. The van der Waals surface area contributed by atoms with Crippen LogP contribution in [0, 0.1) is 11.3 Å². The average molecular weight is 176 g/mol. The fourth-order valence-electron chi connectivity index (χ4n) is 2.75. The van der Waals surface area contributed by atoms with Gasteiger partial charge in [0.1, 0.15) is 0 Å². The quantitative estimate of drug-likeness (QED) is 0.488. The first-order valence-electron chi connectivity index (χ1n) is 5.61. The summed E-state index contributed by atoms with van der Waals surface area (Å²) in [5, 5.41) is 0. The highest BCUT2D eigenvalue weighted by molar-refractivity contribution is 5.04. The predicted octanol–water partition coefficient (Wildman–Crippen LogP) is 4.09. The summed E-state index contributed by atoms with van der Waals surface area (Å²) in [6.45, 7) is 2.49. The summed E-state index contributed by atoms with van der Waals surface area (Å²) in [6, 6.07) is 0. The fourth-order valence-corrected chi connectivity index (χ4v) is 2.75. The molecule has 2 unspecified atom stereocenters. The molecule has 0 radical (unpaired) electrons. The Bertz CT molecular complexity index is 224. The van der Waals surface area contributed by atoms with Crippen molar-refractivity contribution in [1.82, 2.24) is 0 Å². The van der Waals surface area contributed by atoms with Crippen molar-refractivity contribution >= 4 is 0 Å². The second-order valence-corrected chi connectivity index (χ2v) is 4.86. The molecule has 0 saturated heterocycles. The third-order valence-electron chi connectivity index (χ3n) is 3.86. The zero-order chi connectivity index (χ0) is 9.15. The summed E-state index contributed by atoms with van der Waals surface area (Å²) in [4.78, 5) is 0. The zero-order valence-electron chi connectivity index (χ0n) is 8.63. The van der Waals surface area contributed by atoms with Crippen molar-refractivity contribution in [2.75, 3.05) is 0 Å². The Morgan fingerprint density at radius 1 is 1.08 bits per heavy atom. The first-order valence-corrected chi connectivity index (χ1v) is 5.61. The van der Waals surface area contributed by atoms with Gasteiger partial charge >= 0.3 is 0 Å². The van der Waals surface area contributed by atoms with E-state index >= 15 is 0 Å². The van der Waals surface area contributed by atoms with Crippen LogP contribution in [0.4, 0.5) is 0 Å². The molecule has 0 heterocycles. The molecule has 2 atom stereocenters. The Morgan fingerprint density at radius 3 is 2.69 bits per heavy atom. The number of rotatable bonds is 0. The monoisotopic (exact) mass is 176 g/mol. The lowest BCUT2D eigenvalue weighted by Crippen LogP contribution is -2.29. The van der Waals surface area contributed by atoms with E-state index in [9.17, 15) is 0 Å². The van der Waals surface area contributed by atoms with Gasteiger partial charge in [-0.2, -0.15) is 0 Å². The lowest BCUT2D eigenvalue weighted by molar-refractivity contribution is 0.158. The van der Waals surface area contributed by atoms with Crippen molar-refractivity contribution < 1.29 is 0 Å². The molecule has 0 bridgehead atoms. The third-order valence-corrected chi connectivity index (χ3v) is 3.86. The highest BCUT2D eigenvalue weighted by Crippen LogP contribution is 2.44. The molecule has 0 fully saturated rings. The maximum atomic E-state index is 2.49. The van der Waals surface area contributed by atoms with E-state index in [0.717, 1.165) is 5.92 Å². The van der Waals surface area contributed by atoms with Gasteiger partial charge < -0.3 is 0 Å². The molecular formula is C13H20. The molecule has 0 nitrogen and oxygen atoms in total. The minimum absolute atomic E-state index is 0.611. The van der Waals surface area contributed by atoms with E-state index in [2.05, 4.69) is 31.2 Å². The number of hydrogen-bond acceptors (Lipinski definition) is 0. The molecule has 0 amide bonds. The van der Waals surface area contributed by atoms with Crippen LogP contribution in [0.3, 0.4) is 0 Å². The highest BCUT2D eigenvalue weighted by atomic mass is 14.4. The summed E-state index contributed by atoms with van der Waals surface area (Å²) < 4.78 is 0. The Labute approximate surface area is 81.7 Å². The van der Waals surface area contributed by atoms with Crippen LogP contribution in [0.15, 0.2) is 24.3 Å². The molecule has 0 N–H and O–H groups in total. The van der Waals surface area contributed by atoms with E-state index in [0.29, 0.717) is 5.41 Å². The minimum atomic E-state index is 0.611. The molecule has 72 valence electrons. The van der Waals surface area contributed by atoms with E-state index in [-0.39, 0.29) is 0 Å². The largest absolute Gasteiger partial charge is 0.0885 e. The SMILES string of the molecule is CC12CC=CCC1CC=CCCC2. The molecule has 2 aliphatic carbocycles. The zero-order valence-corrected chi connectivity index (χ0v) is 8.63. The molecule has 0 aromatic carbocycles. The Kier molecular flexibility index (Phi) is 2.57. The van der Waals surface area contributed by atoms with Crippen molar-refractivity contribution in [3.63, 3.8) is 0 Å². The van der Waals surface area contributed by atoms with Crippen molar-refractivity contribution in [1.29, 1.82) is 0 Å². The first kappa shape index (κ1) is 9.05. The average Bonchev–Trinajstić information content (AvgIpc) is 2.09. The molecule has 13 heavy (non-hydrogen) atoms. The smallest absolute Gasteiger partial charge is 0.0257 e. The lowest BCUT2D eigenvalue weighted by Gasteiger charge is -2.40. The van der Waals surface area contributed by atoms with Gasteiger partial charge in [-0.25, -0.2) is 0 Å². The molecule has 0 heteroatoms. The number of allylic oxidation sites excluding steroid dienone is 4. The normalized spacial score (nSPS) is 39.3. The van der Waals surface area contributed by atoms with Gasteiger partial charge in [0.05, 0.1) is 0 Å². The van der Waals surface area contributed by atoms with Crippen molar-refractivity contribution in [2.45, 2.75) is 45.4 Å². The van der Waals surface area contributed by atoms with Gasteiger partial charge in [-0.05, 0) is 49.9 Å². The highest BCUT2D eigenvalue weighted by Gasteiger charge is 2.33. The van der Waals surface area contributed by atoms with Gasteiger partial charge in [0.15, 0.2) is 0 Å². The van der Waals surface area contributed by atoms with E-state index in [1.807, 2.05) is 0 Å². The summed E-state index contributed by atoms with van der Waals surface area (Å²) in [5.74, 6) is 0.911. The van der Waals surface area contributed by atoms with Crippen molar-refractivity contribution in [3.8, 4) is 0 Å². The van der Waals surface area contributed by atoms with Crippen LogP contribution in [-0.4, -0.2) is 0 Å². The van der Waals surface area contributed by atoms with Gasteiger partial charge in [-0.1, -0.05) is 31.2 Å². The van der Waals surface area contributed by atoms with Crippen molar-refractivity contribution in [3.05, 3.63) is 24.3 Å². The van der Waals surface area contributed by atoms with E-state index in [4.69, 9.17) is 0 Å². The minimum Gasteiger partial charge on any atom is -0.0885 e. The molecule has 2 aliphatic rings. The molecule has 0 saturated carbocycles.